The molecule has 22 heavy (non-hydrogen) atoms. The zero-order chi connectivity index (χ0) is 16.4. The molecule has 0 saturated heterocycles. The third-order valence-corrected chi connectivity index (χ3v) is 3.03. The number of nitrogens with zero attached hydrogens (tertiary/aromatic N) is 2. The molecule has 1 N–H and O–H groups in total. The summed E-state index contributed by atoms with van der Waals surface area (Å²) in [6.07, 6.45) is 0.521. The first-order valence-electron chi connectivity index (χ1n) is 7.15. The molecule has 6 nitrogen and oxygen atoms in total. The second-order valence-electron chi connectivity index (χ2n) is 5.06. The van der Waals surface area contributed by atoms with Gasteiger partial charge in [0, 0.05) is 19.2 Å². The Labute approximate surface area is 131 Å². The lowest BCUT2D eigenvalue weighted by Gasteiger charge is -2.15. The number of likely N-dealkylation sites (N-methyl/N-ethyl adjacent to an activating group) is 1. The van der Waals surface area contributed by atoms with Crippen LogP contribution in [0.15, 0.2) is 18.2 Å². The molecule has 0 bridgehead atoms. The van der Waals surface area contributed by atoms with Gasteiger partial charge in [0.05, 0.1) is 13.2 Å². The van der Waals surface area contributed by atoms with Gasteiger partial charge in [-0.2, -0.15) is 5.26 Å². The van der Waals surface area contributed by atoms with Gasteiger partial charge in [0.1, 0.15) is 24.5 Å². The number of nitriles is 1. The van der Waals surface area contributed by atoms with Crippen LogP contribution >= 0.6 is 0 Å². The van der Waals surface area contributed by atoms with Crippen LogP contribution in [0.4, 0.5) is 0 Å². The molecule has 0 radical (unpaired) electrons. The summed E-state index contributed by atoms with van der Waals surface area (Å²) in [6, 6.07) is 7.47. The fourth-order valence-corrected chi connectivity index (χ4v) is 1.81. The van der Waals surface area contributed by atoms with Crippen LogP contribution in [0.5, 0.6) is 11.5 Å². The van der Waals surface area contributed by atoms with Gasteiger partial charge in [-0.05, 0) is 32.1 Å². The molecule has 120 valence electrons. The zero-order valence-corrected chi connectivity index (χ0v) is 13.4. The number of hydrogen-bond acceptors (Lipinski definition) is 5. The molecule has 0 aliphatic heterocycles. The van der Waals surface area contributed by atoms with Gasteiger partial charge in [-0.1, -0.05) is 6.07 Å². The van der Waals surface area contributed by atoms with Gasteiger partial charge < -0.3 is 19.7 Å². The van der Waals surface area contributed by atoms with E-state index in [2.05, 4.69) is 5.32 Å². The number of nitrogens with one attached hydrogen (secondary N) is 1. The number of methoxy groups -OCH3 is 1. The lowest BCUT2D eigenvalue weighted by Crippen LogP contribution is -2.25. The van der Waals surface area contributed by atoms with Crippen LogP contribution in [0.3, 0.4) is 0 Å². The molecule has 1 aromatic rings. The van der Waals surface area contributed by atoms with E-state index in [-0.39, 0.29) is 12.3 Å². The summed E-state index contributed by atoms with van der Waals surface area (Å²) >= 11 is 0. The third-order valence-electron chi connectivity index (χ3n) is 3.03. The maximum Gasteiger partial charge on any atom is 0.234 e. The van der Waals surface area contributed by atoms with Gasteiger partial charge in [-0.25, -0.2) is 0 Å². The summed E-state index contributed by atoms with van der Waals surface area (Å²) in [7, 11) is 5.59. The molecule has 0 atom stereocenters. The highest BCUT2D eigenvalue weighted by molar-refractivity contribution is 5.77. The van der Waals surface area contributed by atoms with E-state index in [1.54, 1.807) is 7.11 Å². The molecular weight excluding hydrogens is 282 g/mol. The molecule has 0 spiro atoms. The summed E-state index contributed by atoms with van der Waals surface area (Å²) in [5.41, 5.74) is 0.997. The van der Waals surface area contributed by atoms with Crippen molar-refractivity contribution in [3.8, 4) is 17.6 Å². The second-order valence-corrected chi connectivity index (χ2v) is 5.06. The Balaban J connectivity index is 2.63. The first-order valence-corrected chi connectivity index (χ1v) is 7.15. The molecule has 1 rings (SSSR count). The largest absolute Gasteiger partial charge is 0.497 e. The molecule has 0 heterocycles. The van der Waals surface area contributed by atoms with E-state index < -0.39 is 0 Å². The van der Waals surface area contributed by atoms with Crippen LogP contribution in [0.25, 0.3) is 0 Å². The number of amides is 1. The van der Waals surface area contributed by atoms with E-state index >= 15 is 0 Å². The molecule has 1 amide bonds. The topological polar surface area (TPSA) is 74.6 Å². The first-order chi connectivity index (χ1) is 10.6. The van der Waals surface area contributed by atoms with Crippen molar-refractivity contribution in [2.75, 3.05) is 40.9 Å². The van der Waals surface area contributed by atoms with Gasteiger partial charge >= 0.3 is 0 Å². The van der Waals surface area contributed by atoms with Gasteiger partial charge in [-0.3, -0.25) is 4.79 Å². The van der Waals surface area contributed by atoms with Crippen molar-refractivity contribution in [3.05, 3.63) is 23.8 Å². The summed E-state index contributed by atoms with van der Waals surface area (Å²) in [4.78, 5) is 13.3. The van der Waals surface area contributed by atoms with Crippen molar-refractivity contribution in [2.45, 2.75) is 12.8 Å². The maximum absolute atomic E-state index is 11.3. The molecule has 0 fully saturated rings. The molecule has 0 aromatic heterocycles. The van der Waals surface area contributed by atoms with E-state index in [0.29, 0.717) is 19.6 Å². The monoisotopic (exact) mass is 305 g/mol. The van der Waals surface area contributed by atoms with Crippen LogP contribution in [0.1, 0.15) is 12.0 Å². The number of rotatable bonds is 9. The minimum atomic E-state index is -0.258. The predicted molar refractivity (Wildman–Crippen MR) is 84.0 cm³/mol. The molecular formula is C16H23N3O3. The highest BCUT2D eigenvalue weighted by Gasteiger charge is 2.07. The minimum Gasteiger partial charge on any atom is -0.497 e. The number of carbonyl (C=O) groups is 1. The van der Waals surface area contributed by atoms with E-state index in [4.69, 9.17) is 14.7 Å². The van der Waals surface area contributed by atoms with Crippen molar-refractivity contribution in [2.24, 2.45) is 0 Å². The fourth-order valence-electron chi connectivity index (χ4n) is 1.81. The van der Waals surface area contributed by atoms with Crippen molar-refractivity contribution in [3.63, 3.8) is 0 Å². The Morgan fingerprint density at radius 2 is 2.18 bits per heavy atom. The average Bonchev–Trinajstić information content (AvgIpc) is 2.48. The van der Waals surface area contributed by atoms with Gasteiger partial charge in [-0.15, -0.1) is 0 Å². The fraction of sp³-hybridized carbons (Fsp3) is 0.500. The molecule has 0 unspecified atom stereocenters. The summed E-state index contributed by atoms with van der Waals surface area (Å²) in [5, 5.41) is 11.2. The molecule has 1 aromatic carbocycles. The van der Waals surface area contributed by atoms with Crippen molar-refractivity contribution < 1.29 is 14.3 Å². The SMILES string of the molecule is COc1ccc(CCNC(=O)CC#N)c(OCCN(C)C)c1. The van der Waals surface area contributed by atoms with Crippen molar-refractivity contribution >= 4 is 5.91 Å². The van der Waals surface area contributed by atoms with Crippen LogP contribution in [-0.4, -0.2) is 51.7 Å². The third kappa shape index (κ3) is 6.46. The van der Waals surface area contributed by atoms with Crippen LogP contribution in [-0.2, 0) is 11.2 Å². The number of carbonyl (C=O) groups excluding carboxylic acids is 1. The number of benzene rings is 1. The lowest BCUT2D eigenvalue weighted by molar-refractivity contribution is -0.120. The van der Waals surface area contributed by atoms with Crippen LogP contribution in [0, 0.1) is 11.3 Å². The van der Waals surface area contributed by atoms with E-state index in [0.717, 1.165) is 23.6 Å². The maximum atomic E-state index is 11.3. The van der Waals surface area contributed by atoms with Crippen LogP contribution in [0.2, 0.25) is 0 Å². The highest BCUT2D eigenvalue weighted by atomic mass is 16.5. The molecule has 0 aliphatic rings. The minimum absolute atomic E-state index is 0.116. The lowest BCUT2D eigenvalue weighted by atomic mass is 10.1. The average molecular weight is 305 g/mol. The van der Waals surface area contributed by atoms with Crippen molar-refractivity contribution in [1.82, 2.24) is 10.2 Å². The number of hydrogen-bond donors (Lipinski definition) is 1. The standard InChI is InChI=1S/C16H23N3O3/c1-19(2)10-11-22-15-12-14(21-3)5-4-13(15)7-9-18-16(20)6-8-17/h4-5,12H,6-7,9-11H2,1-3H3,(H,18,20). The smallest absolute Gasteiger partial charge is 0.234 e. The molecule has 0 saturated carbocycles. The highest BCUT2D eigenvalue weighted by Crippen LogP contribution is 2.25. The number of ether oxygens (including phenoxy) is 2. The van der Waals surface area contributed by atoms with E-state index in [9.17, 15) is 4.79 Å². The molecule has 0 aliphatic carbocycles. The Kier molecular flexibility index (Phi) is 7.79. The Morgan fingerprint density at radius 3 is 2.82 bits per heavy atom. The summed E-state index contributed by atoms with van der Waals surface area (Å²) in [6.45, 7) is 1.86. The zero-order valence-electron chi connectivity index (χ0n) is 13.4. The Bertz CT molecular complexity index is 524. The van der Waals surface area contributed by atoms with Gasteiger partial charge in [0.2, 0.25) is 5.91 Å². The Morgan fingerprint density at radius 1 is 1.41 bits per heavy atom. The quantitative estimate of drug-likeness (QED) is 0.742. The van der Waals surface area contributed by atoms with Gasteiger partial charge in [0.15, 0.2) is 0 Å². The van der Waals surface area contributed by atoms with Crippen LogP contribution < -0.4 is 14.8 Å². The van der Waals surface area contributed by atoms with E-state index in [1.807, 2.05) is 43.3 Å². The second kappa shape index (κ2) is 9.64. The Hall–Kier alpha value is -2.26. The predicted octanol–water partition coefficient (Wildman–Crippen LogP) is 1.21. The normalized spacial score (nSPS) is 10.1. The van der Waals surface area contributed by atoms with E-state index in [1.165, 1.54) is 0 Å². The van der Waals surface area contributed by atoms with Gasteiger partial charge in [0.25, 0.3) is 0 Å². The van der Waals surface area contributed by atoms with Crippen molar-refractivity contribution in [1.29, 1.82) is 5.26 Å². The summed E-state index contributed by atoms with van der Waals surface area (Å²) < 4.78 is 11.0. The molecule has 6 heteroatoms. The summed E-state index contributed by atoms with van der Waals surface area (Å²) in [5.74, 6) is 1.24. The first kappa shape index (κ1) is 17.8.